The maximum Gasteiger partial charge on any atom is 0.225 e. The summed E-state index contributed by atoms with van der Waals surface area (Å²) in [5, 5.41) is 3.35. The van der Waals surface area contributed by atoms with E-state index in [4.69, 9.17) is 0 Å². The predicted molar refractivity (Wildman–Crippen MR) is 63.3 cm³/mol. The van der Waals surface area contributed by atoms with E-state index < -0.39 is 0 Å². The summed E-state index contributed by atoms with van der Waals surface area (Å²) >= 11 is 0. The lowest BCUT2D eigenvalue weighted by atomic mass is 9.84. The van der Waals surface area contributed by atoms with Crippen LogP contribution in [0.1, 0.15) is 32.1 Å². The van der Waals surface area contributed by atoms with Crippen LogP contribution in [-0.2, 0) is 4.79 Å². The third-order valence-electron chi connectivity index (χ3n) is 3.62. The van der Waals surface area contributed by atoms with Gasteiger partial charge in [0.15, 0.2) is 0 Å². The van der Waals surface area contributed by atoms with Gasteiger partial charge >= 0.3 is 0 Å². The zero-order valence-electron chi connectivity index (χ0n) is 9.37. The van der Waals surface area contributed by atoms with Crippen molar-refractivity contribution < 1.29 is 4.79 Å². The monoisotopic (exact) mass is 232 g/mol. The van der Waals surface area contributed by atoms with E-state index in [1.807, 2.05) is 11.9 Å². The molecule has 2 rings (SSSR count). The minimum atomic E-state index is 0. The highest BCUT2D eigenvalue weighted by Crippen LogP contribution is 2.28. The average Bonchev–Trinajstić information content (AvgIpc) is 2.15. The Morgan fingerprint density at radius 1 is 1.27 bits per heavy atom. The number of hydrogen-bond donors (Lipinski definition) is 1. The van der Waals surface area contributed by atoms with E-state index >= 15 is 0 Å². The van der Waals surface area contributed by atoms with Gasteiger partial charge in [-0.15, -0.1) is 12.4 Å². The highest BCUT2D eigenvalue weighted by Gasteiger charge is 2.31. The number of carbonyl (C=O) groups excluding carboxylic acids is 1. The van der Waals surface area contributed by atoms with E-state index in [0.29, 0.717) is 17.9 Å². The SMILES string of the molecule is CN(C(=O)C1CCC1)C1CCCNC1.Cl. The molecule has 1 heterocycles. The molecule has 1 aliphatic heterocycles. The van der Waals surface area contributed by atoms with Crippen molar-refractivity contribution in [3.63, 3.8) is 0 Å². The van der Waals surface area contributed by atoms with Gasteiger partial charge in [0.25, 0.3) is 0 Å². The molecular weight excluding hydrogens is 212 g/mol. The predicted octanol–water partition coefficient (Wildman–Crippen LogP) is 1.42. The molecule has 1 atom stereocenters. The maximum atomic E-state index is 11.9. The molecule has 1 aliphatic carbocycles. The zero-order valence-corrected chi connectivity index (χ0v) is 10.2. The van der Waals surface area contributed by atoms with Gasteiger partial charge in [-0.2, -0.15) is 0 Å². The lowest BCUT2D eigenvalue weighted by Gasteiger charge is -2.36. The largest absolute Gasteiger partial charge is 0.341 e. The number of rotatable bonds is 2. The Bertz CT molecular complexity index is 213. The molecule has 1 saturated heterocycles. The fraction of sp³-hybridized carbons (Fsp3) is 0.909. The number of likely N-dealkylation sites (N-methyl/N-ethyl adjacent to an activating group) is 1. The smallest absolute Gasteiger partial charge is 0.225 e. The van der Waals surface area contributed by atoms with Crippen LogP contribution >= 0.6 is 12.4 Å². The minimum Gasteiger partial charge on any atom is -0.341 e. The Hall–Kier alpha value is -0.280. The van der Waals surface area contributed by atoms with Crippen molar-refractivity contribution in [1.29, 1.82) is 0 Å². The third kappa shape index (κ3) is 2.85. The summed E-state index contributed by atoms with van der Waals surface area (Å²) in [6.45, 7) is 2.09. The number of halogens is 1. The van der Waals surface area contributed by atoms with Gasteiger partial charge in [-0.3, -0.25) is 4.79 Å². The Kier molecular flexibility index (Phi) is 4.87. The van der Waals surface area contributed by atoms with Crippen molar-refractivity contribution in [3.8, 4) is 0 Å². The van der Waals surface area contributed by atoms with E-state index in [2.05, 4.69) is 5.32 Å². The number of hydrogen-bond acceptors (Lipinski definition) is 2. The van der Waals surface area contributed by atoms with Gasteiger partial charge in [0.05, 0.1) is 0 Å². The third-order valence-corrected chi connectivity index (χ3v) is 3.62. The van der Waals surface area contributed by atoms with E-state index in [-0.39, 0.29) is 12.4 Å². The normalized spacial score (nSPS) is 26.3. The first-order chi connectivity index (χ1) is 6.79. The van der Waals surface area contributed by atoms with Crippen LogP contribution in [0.25, 0.3) is 0 Å². The van der Waals surface area contributed by atoms with Gasteiger partial charge in [-0.05, 0) is 32.2 Å². The Balaban J connectivity index is 0.00000112. The van der Waals surface area contributed by atoms with E-state index in [1.165, 1.54) is 19.3 Å². The second kappa shape index (κ2) is 5.71. The molecule has 2 aliphatic rings. The number of nitrogens with one attached hydrogen (secondary N) is 1. The van der Waals surface area contributed by atoms with Gasteiger partial charge in [-0.25, -0.2) is 0 Å². The van der Waals surface area contributed by atoms with Crippen LogP contribution in [0.5, 0.6) is 0 Å². The fourth-order valence-electron chi connectivity index (χ4n) is 2.29. The summed E-state index contributed by atoms with van der Waals surface area (Å²) in [4.78, 5) is 13.9. The molecule has 0 spiro atoms. The summed E-state index contributed by atoms with van der Waals surface area (Å²) in [6, 6.07) is 0.442. The van der Waals surface area contributed by atoms with Crippen molar-refractivity contribution in [1.82, 2.24) is 10.2 Å². The molecule has 1 N–H and O–H groups in total. The number of nitrogens with zero attached hydrogens (tertiary/aromatic N) is 1. The molecule has 0 radical (unpaired) electrons. The molecule has 0 aromatic rings. The second-order valence-electron chi connectivity index (χ2n) is 4.58. The Morgan fingerprint density at radius 3 is 2.47 bits per heavy atom. The van der Waals surface area contributed by atoms with Crippen molar-refractivity contribution in [3.05, 3.63) is 0 Å². The van der Waals surface area contributed by atoms with Gasteiger partial charge in [0.1, 0.15) is 0 Å². The van der Waals surface area contributed by atoms with E-state index in [1.54, 1.807) is 0 Å². The van der Waals surface area contributed by atoms with Crippen molar-refractivity contribution >= 4 is 18.3 Å². The molecule has 88 valence electrons. The maximum absolute atomic E-state index is 11.9. The summed E-state index contributed by atoms with van der Waals surface area (Å²) in [6.07, 6.45) is 5.84. The van der Waals surface area contributed by atoms with Crippen molar-refractivity contribution in [2.45, 2.75) is 38.1 Å². The molecule has 1 amide bonds. The van der Waals surface area contributed by atoms with Crippen LogP contribution in [-0.4, -0.2) is 37.0 Å². The summed E-state index contributed by atoms with van der Waals surface area (Å²) in [5.74, 6) is 0.729. The molecule has 0 aromatic carbocycles. The number of amides is 1. The lowest BCUT2D eigenvalue weighted by Crippen LogP contribution is -2.49. The quantitative estimate of drug-likeness (QED) is 0.781. The van der Waals surface area contributed by atoms with Crippen LogP contribution in [0.2, 0.25) is 0 Å². The summed E-state index contributed by atoms with van der Waals surface area (Å²) < 4.78 is 0. The zero-order chi connectivity index (χ0) is 9.97. The lowest BCUT2D eigenvalue weighted by molar-refractivity contribution is -0.139. The standard InChI is InChI=1S/C11H20N2O.ClH/c1-13(10-6-3-7-12-8-10)11(14)9-4-2-5-9;/h9-10,12H,2-8H2,1H3;1H. The first-order valence-electron chi connectivity index (χ1n) is 5.76. The molecule has 0 bridgehead atoms. The molecule has 0 aromatic heterocycles. The van der Waals surface area contributed by atoms with Gasteiger partial charge < -0.3 is 10.2 Å². The van der Waals surface area contributed by atoms with E-state index in [0.717, 1.165) is 25.9 Å². The average molecular weight is 233 g/mol. The van der Waals surface area contributed by atoms with Crippen LogP contribution in [0.3, 0.4) is 0 Å². The van der Waals surface area contributed by atoms with Crippen LogP contribution in [0.4, 0.5) is 0 Å². The molecule has 1 saturated carbocycles. The van der Waals surface area contributed by atoms with Crippen LogP contribution < -0.4 is 5.32 Å². The molecule has 4 heteroatoms. The van der Waals surface area contributed by atoms with Gasteiger partial charge in [0.2, 0.25) is 5.91 Å². The summed E-state index contributed by atoms with van der Waals surface area (Å²) in [5.41, 5.74) is 0. The molecule has 15 heavy (non-hydrogen) atoms. The molecule has 2 fully saturated rings. The number of piperidine rings is 1. The molecule has 3 nitrogen and oxygen atoms in total. The Morgan fingerprint density at radius 2 is 2.00 bits per heavy atom. The highest BCUT2D eigenvalue weighted by molar-refractivity contribution is 5.85. The highest BCUT2D eigenvalue weighted by atomic mass is 35.5. The fourth-order valence-corrected chi connectivity index (χ4v) is 2.29. The minimum absolute atomic E-state index is 0. The summed E-state index contributed by atoms with van der Waals surface area (Å²) in [7, 11) is 1.97. The van der Waals surface area contributed by atoms with Gasteiger partial charge in [-0.1, -0.05) is 6.42 Å². The first kappa shape index (κ1) is 12.8. The topological polar surface area (TPSA) is 32.3 Å². The van der Waals surface area contributed by atoms with Crippen LogP contribution in [0.15, 0.2) is 0 Å². The molecular formula is C11H21ClN2O. The van der Waals surface area contributed by atoms with Crippen molar-refractivity contribution in [2.24, 2.45) is 5.92 Å². The Labute approximate surface area is 98.0 Å². The molecule has 1 unspecified atom stereocenters. The van der Waals surface area contributed by atoms with Crippen molar-refractivity contribution in [2.75, 3.05) is 20.1 Å². The second-order valence-corrected chi connectivity index (χ2v) is 4.58. The van der Waals surface area contributed by atoms with Gasteiger partial charge in [0, 0.05) is 25.6 Å². The van der Waals surface area contributed by atoms with Crippen LogP contribution in [0, 0.1) is 5.92 Å². The first-order valence-corrected chi connectivity index (χ1v) is 5.76. The van der Waals surface area contributed by atoms with E-state index in [9.17, 15) is 4.79 Å². The number of carbonyl (C=O) groups is 1.